The number of carboxylic acids is 1. The van der Waals surface area contributed by atoms with Crippen LogP contribution in [0.1, 0.15) is 19.3 Å². The fourth-order valence-corrected chi connectivity index (χ4v) is 2.09. The molecule has 1 unspecified atom stereocenters. The normalized spacial score (nSPS) is 11.1. The van der Waals surface area contributed by atoms with E-state index in [1.165, 1.54) is 0 Å². The first-order chi connectivity index (χ1) is 16.2. The Kier molecular flexibility index (Phi) is 17.8. The lowest BCUT2D eigenvalue weighted by Gasteiger charge is -2.14. The van der Waals surface area contributed by atoms with Crippen LogP contribution in [0.15, 0.2) is 0 Å². The fourth-order valence-electron chi connectivity index (χ4n) is 2.09. The number of hydrogen-bond donors (Lipinski definition) is 3. The van der Waals surface area contributed by atoms with Crippen molar-refractivity contribution in [3.63, 3.8) is 0 Å². The third kappa shape index (κ3) is 20.2. The van der Waals surface area contributed by atoms with Crippen molar-refractivity contribution < 1.29 is 58.3 Å². The van der Waals surface area contributed by atoms with E-state index in [4.69, 9.17) is 18.9 Å². The van der Waals surface area contributed by atoms with Crippen molar-refractivity contribution in [3.05, 3.63) is 20.2 Å². The number of hydrogen-bond acceptors (Lipinski definition) is 13. The van der Waals surface area contributed by atoms with E-state index in [2.05, 4.69) is 20.3 Å². The van der Waals surface area contributed by atoms with Gasteiger partial charge >= 0.3 is 18.2 Å². The van der Waals surface area contributed by atoms with Gasteiger partial charge in [0.1, 0.15) is 32.5 Å². The molecule has 0 aromatic heterocycles. The standard InChI is InChI=1S/C16H28N4O14/c21-14(22)13(18-16(24)32-10-6-30-8-12-34-20(27)28)3-1-2-4-17-15(23)31-9-5-29-7-11-33-19(25)26/h13H,1-12H2,(H,17,23)(H,18,24)(H,21,22). The van der Waals surface area contributed by atoms with Gasteiger partial charge in [-0.1, -0.05) is 0 Å². The number of nitrogens with zero attached hydrogens (tertiary/aromatic N) is 2. The van der Waals surface area contributed by atoms with Gasteiger partial charge < -0.3 is 44.4 Å². The molecule has 2 amide bonds. The highest BCUT2D eigenvalue weighted by molar-refractivity contribution is 5.79. The fraction of sp³-hybridized carbons (Fsp3) is 0.812. The van der Waals surface area contributed by atoms with Crippen molar-refractivity contribution in [2.24, 2.45) is 0 Å². The zero-order chi connectivity index (χ0) is 25.6. The molecule has 196 valence electrons. The highest BCUT2D eigenvalue weighted by Crippen LogP contribution is 2.02. The zero-order valence-corrected chi connectivity index (χ0v) is 18.2. The summed E-state index contributed by atoms with van der Waals surface area (Å²) in [4.78, 5) is 62.2. The number of carbonyl (C=O) groups excluding carboxylic acids is 2. The molecule has 3 N–H and O–H groups in total. The van der Waals surface area contributed by atoms with E-state index in [1.807, 2.05) is 0 Å². The molecular formula is C16H28N4O14. The van der Waals surface area contributed by atoms with Gasteiger partial charge in [-0.2, -0.15) is 0 Å². The van der Waals surface area contributed by atoms with E-state index in [-0.39, 0.29) is 65.8 Å². The van der Waals surface area contributed by atoms with Crippen LogP contribution in [0.3, 0.4) is 0 Å². The van der Waals surface area contributed by atoms with E-state index >= 15 is 0 Å². The largest absolute Gasteiger partial charge is 0.480 e. The van der Waals surface area contributed by atoms with Crippen LogP contribution in [0.4, 0.5) is 9.59 Å². The number of carbonyl (C=O) groups is 3. The molecule has 18 heteroatoms. The number of nitrogens with one attached hydrogen (secondary N) is 2. The van der Waals surface area contributed by atoms with Crippen LogP contribution < -0.4 is 10.6 Å². The molecule has 0 aliphatic carbocycles. The monoisotopic (exact) mass is 500 g/mol. The second-order valence-corrected chi connectivity index (χ2v) is 6.07. The van der Waals surface area contributed by atoms with Crippen molar-refractivity contribution in [3.8, 4) is 0 Å². The summed E-state index contributed by atoms with van der Waals surface area (Å²) in [6.45, 7) is -0.727. The van der Waals surface area contributed by atoms with Crippen LogP contribution >= 0.6 is 0 Å². The molecule has 0 saturated carbocycles. The molecule has 0 spiro atoms. The van der Waals surface area contributed by atoms with E-state index in [9.17, 15) is 39.7 Å². The minimum absolute atomic E-state index is 0.0265. The molecule has 0 rings (SSSR count). The summed E-state index contributed by atoms with van der Waals surface area (Å²) in [6, 6.07) is -1.20. The molecule has 0 aromatic rings. The molecular weight excluding hydrogens is 472 g/mol. The number of amides is 2. The Morgan fingerprint density at radius 2 is 1.26 bits per heavy atom. The molecule has 1 atom stereocenters. The maximum Gasteiger partial charge on any atom is 0.407 e. The van der Waals surface area contributed by atoms with E-state index in [1.54, 1.807) is 0 Å². The van der Waals surface area contributed by atoms with Gasteiger partial charge in [0.15, 0.2) is 0 Å². The molecule has 0 saturated heterocycles. The Labute approximate surface area is 192 Å². The molecule has 34 heavy (non-hydrogen) atoms. The topological polar surface area (TPSA) is 237 Å². The number of alkyl carbamates (subject to hydrolysis) is 2. The average molecular weight is 500 g/mol. The third-order valence-electron chi connectivity index (χ3n) is 3.55. The summed E-state index contributed by atoms with van der Waals surface area (Å²) in [5, 5.41) is 31.7. The second kappa shape index (κ2) is 20.0. The molecule has 0 radical (unpaired) electrons. The Bertz CT molecular complexity index is 635. The van der Waals surface area contributed by atoms with Gasteiger partial charge in [-0.3, -0.25) is 0 Å². The quantitative estimate of drug-likeness (QED) is 0.102. The van der Waals surface area contributed by atoms with Gasteiger partial charge in [-0.05, 0) is 19.3 Å². The van der Waals surface area contributed by atoms with Crippen LogP contribution in [0, 0.1) is 20.2 Å². The first-order valence-electron chi connectivity index (χ1n) is 9.99. The molecule has 0 aliphatic rings. The Hall–Kier alpha value is -3.67. The first kappa shape index (κ1) is 30.3. The predicted octanol–water partition coefficient (Wildman–Crippen LogP) is -0.488. The molecule has 0 heterocycles. The van der Waals surface area contributed by atoms with Crippen molar-refractivity contribution >= 4 is 18.2 Å². The maximum atomic E-state index is 11.6. The van der Waals surface area contributed by atoms with Crippen molar-refractivity contribution in [2.45, 2.75) is 25.3 Å². The van der Waals surface area contributed by atoms with Crippen LogP contribution in [-0.4, -0.2) is 98.9 Å². The summed E-state index contributed by atoms with van der Waals surface area (Å²) in [5.74, 6) is -1.26. The van der Waals surface area contributed by atoms with Gasteiger partial charge in [0.05, 0.1) is 26.4 Å². The summed E-state index contributed by atoms with van der Waals surface area (Å²) >= 11 is 0. The summed E-state index contributed by atoms with van der Waals surface area (Å²) < 4.78 is 19.4. The summed E-state index contributed by atoms with van der Waals surface area (Å²) in [5.41, 5.74) is 0. The van der Waals surface area contributed by atoms with Crippen LogP contribution in [-0.2, 0) is 33.4 Å². The lowest BCUT2D eigenvalue weighted by atomic mass is 10.1. The van der Waals surface area contributed by atoms with Gasteiger partial charge in [-0.15, -0.1) is 20.2 Å². The maximum absolute atomic E-state index is 11.6. The zero-order valence-electron chi connectivity index (χ0n) is 18.2. The Balaban J connectivity index is 3.76. The van der Waals surface area contributed by atoms with Gasteiger partial charge in [0.2, 0.25) is 0 Å². The molecule has 0 aliphatic heterocycles. The first-order valence-corrected chi connectivity index (χ1v) is 9.99. The molecule has 18 nitrogen and oxygen atoms in total. The van der Waals surface area contributed by atoms with Crippen LogP contribution in [0.5, 0.6) is 0 Å². The lowest BCUT2D eigenvalue weighted by Crippen LogP contribution is -2.41. The van der Waals surface area contributed by atoms with Gasteiger partial charge in [0.25, 0.3) is 10.2 Å². The number of ether oxygens (including phenoxy) is 4. The highest BCUT2D eigenvalue weighted by atomic mass is 17.0. The number of carboxylic acid groups (broad SMARTS) is 1. The summed E-state index contributed by atoms with van der Waals surface area (Å²) in [6.07, 6.45) is -0.836. The number of aliphatic carboxylic acids is 1. The predicted molar refractivity (Wildman–Crippen MR) is 107 cm³/mol. The molecule has 0 bridgehead atoms. The van der Waals surface area contributed by atoms with Crippen molar-refractivity contribution in [1.82, 2.24) is 10.6 Å². The van der Waals surface area contributed by atoms with Gasteiger partial charge in [0, 0.05) is 6.54 Å². The van der Waals surface area contributed by atoms with Gasteiger partial charge in [-0.25, -0.2) is 14.4 Å². The Morgan fingerprint density at radius 3 is 1.76 bits per heavy atom. The third-order valence-corrected chi connectivity index (χ3v) is 3.55. The second-order valence-electron chi connectivity index (χ2n) is 6.07. The average Bonchev–Trinajstić information content (AvgIpc) is 2.76. The van der Waals surface area contributed by atoms with Crippen LogP contribution in [0.25, 0.3) is 0 Å². The Morgan fingerprint density at radius 1 is 0.765 bits per heavy atom. The SMILES string of the molecule is O=C(NCCCCC(NC(=O)OCCOCCO[N+](=O)[O-])C(=O)O)OCCOCCO[N+](=O)[O-]. The summed E-state index contributed by atoms with van der Waals surface area (Å²) in [7, 11) is 0. The van der Waals surface area contributed by atoms with E-state index in [0.29, 0.717) is 12.8 Å². The van der Waals surface area contributed by atoms with Crippen LogP contribution in [0.2, 0.25) is 0 Å². The smallest absolute Gasteiger partial charge is 0.407 e. The minimum Gasteiger partial charge on any atom is -0.480 e. The lowest BCUT2D eigenvalue weighted by molar-refractivity contribution is -0.758. The van der Waals surface area contributed by atoms with E-state index in [0.717, 1.165) is 0 Å². The molecule has 0 fully saturated rings. The van der Waals surface area contributed by atoms with E-state index < -0.39 is 34.4 Å². The number of unbranched alkanes of at least 4 members (excludes halogenated alkanes) is 1. The van der Waals surface area contributed by atoms with Crippen molar-refractivity contribution in [2.75, 3.05) is 59.4 Å². The minimum atomic E-state index is -1.26. The number of rotatable bonds is 21. The van der Waals surface area contributed by atoms with Crippen molar-refractivity contribution in [1.29, 1.82) is 0 Å². The highest BCUT2D eigenvalue weighted by Gasteiger charge is 2.20. The molecule has 0 aromatic carbocycles.